The zero-order chi connectivity index (χ0) is 10.7. The van der Waals surface area contributed by atoms with Gasteiger partial charge in [-0.1, -0.05) is 6.07 Å². The average Bonchev–Trinajstić information content (AvgIpc) is 2.66. The minimum absolute atomic E-state index is 0.0739. The number of nitrogens with zero attached hydrogens (tertiary/aromatic N) is 1. The monoisotopic (exact) mass is 206 g/mol. The Bertz CT molecular complexity index is 302. The van der Waals surface area contributed by atoms with Crippen LogP contribution in [-0.2, 0) is 11.2 Å². The summed E-state index contributed by atoms with van der Waals surface area (Å²) in [4.78, 5) is 4.27. The van der Waals surface area contributed by atoms with E-state index in [1.54, 1.807) is 6.20 Å². The summed E-state index contributed by atoms with van der Waals surface area (Å²) in [6.07, 6.45) is 5.39. The molecule has 1 aromatic rings. The van der Waals surface area contributed by atoms with Crippen molar-refractivity contribution in [1.82, 2.24) is 4.98 Å². The fourth-order valence-electron chi connectivity index (χ4n) is 2.04. The van der Waals surface area contributed by atoms with Gasteiger partial charge in [-0.25, -0.2) is 0 Å². The van der Waals surface area contributed by atoms with Gasteiger partial charge in [0.25, 0.3) is 0 Å². The van der Waals surface area contributed by atoms with Crippen LogP contribution in [0.5, 0.6) is 0 Å². The lowest BCUT2D eigenvalue weighted by molar-refractivity contribution is 0.0403. The molecule has 2 N–H and O–H groups in total. The van der Waals surface area contributed by atoms with Gasteiger partial charge in [0.2, 0.25) is 0 Å². The number of rotatable bonds is 3. The van der Waals surface area contributed by atoms with Gasteiger partial charge >= 0.3 is 0 Å². The lowest BCUT2D eigenvalue weighted by Crippen LogP contribution is -2.36. The second kappa shape index (κ2) is 4.73. The molecule has 15 heavy (non-hydrogen) atoms. The highest BCUT2D eigenvalue weighted by Gasteiger charge is 2.27. The minimum Gasteiger partial charge on any atom is -0.374 e. The Kier molecular flexibility index (Phi) is 3.34. The summed E-state index contributed by atoms with van der Waals surface area (Å²) < 4.78 is 5.74. The normalized spacial score (nSPS) is 27.9. The fourth-order valence-corrected chi connectivity index (χ4v) is 2.04. The maximum Gasteiger partial charge on any atom is 0.0734 e. The third kappa shape index (κ3) is 2.76. The van der Waals surface area contributed by atoms with Gasteiger partial charge < -0.3 is 10.5 Å². The van der Waals surface area contributed by atoms with E-state index in [1.807, 2.05) is 18.2 Å². The number of ether oxygens (including phenoxy) is 1. The molecule has 1 aliphatic heterocycles. The summed E-state index contributed by atoms with van der Waals surface area (Å²) in [7, 11) is 0. The van der Waals surface area contributed by atoms with Crippen molar-refractivity contribution in [3.8, 4) is 0 Å². The molecule has 0 radical (unpaired) electrons. The van der Waals surface area contributed by atoms with E-state index in [4.69, 9.17) is 10.5 Å². The van der Waals surface area contributed by atoms with E-state index in [2.05, 4.69) is 11.9 Å². The first-order valence-electron chi connectivity index (χ1n) is 5.56. The van der Waals surface area contributed by atoms with Crippen molar-refractivity contribution in [2.24, 2.45) is 5.73 Å². The summed E-state index contributed by atoms with van der Waals surface area (Å²) >= 11 is 0. The SMILES string of the molecule is CC1CCC(C(N)Cc2ccccn2)O1. The lowest BCUT2D eigenvalue weighted by atomic mass is 10.0. The molecule has 0 amide bonds. The molecule has 2 rings (SSSR count). The topological polar surface area (TPSA) is 48.1 Å². The summed E-state index contributed by atoms with van der Waals surface area (Å²) in [5, 5.41) is 0. The van der Waals surface area contributed by atoms with Crippen LogP contribution < -0.4 is 5.73 Å². The Hall–Kier alpha value is -0.930. The molecule has 2 heterocycles. The van der Waals surface area contributed by atoms with Crippen LogP contribution in [0.25, 0.3) is 0 Å². The van der Waals surface area contributed by atoms with Gasteiger partial charge in [-0.3, -0.25) is 4.98 Å². The van der Waals surface area contributed by atoms with Crippen molar-refractivity contribution >= 4 is 0 Å². The molecular formula is C12H18N2O. The van der Waals surface area contributed by atoms with Crippen LogP contribution in [0.4, 0.5) is 0 Å². The highest BCUT2D eigenvalue weighted by Crippen LogP contribution is 2.22. The molecule has 3 unspecified atom stereocenters. The number of nitrogens with two attached hydrogens (primary N) is 1. The summed E-state index contributed by atoms with van der Waals surface area (Å²) in [5.41, 5.74) is 7.16. The van der Waals surface area contributed by atoms with E-state index in [-0.39, 0.29) is 12.1 Å². The second-order valence-corrected chi connectivity index (χ2v) is 4.25. The van der Waals surface area contributed by atoms with Crippen LogP contribution in [0.15, 0.2) is 24.4 Å². The Morgan fingerprint density at radius 2 is 2.40 bits per heavy atom. The molecule has 0 spiro atoms. The third-order valence-corrected chi connectivity index (χ3v) is 2.91. The predicted octanol–water partition coefficient (Wildman–Crippen LogP) is 1.52. The number of aromatic nitrogens is 1. The second-order valence-electron chi connectivity index (χ2n) is 4.25. The molecule has 82 valence electrons. The minimum atomic E-state index is 0.0739. The Morgan fingerprint density at radius 3 is 3.00 bits per heavy atom. The van der Waals surface area contributed by atoms with E-state index in [1.165, 1.54) is 0 Å². The molecule has 3 atom stereocenters. The van der Waals surface area contributed by atoms with Crippen molar-refractivity contribution in [1.29, 1.82) is 0 Å². The Balaban J connectivity index is 1.90. The van der Waals surface area contributed by atoms with Gasteiger partial charge in [0.1, 0.15) is 0 Å². The molecule has 3 heteroatoms. The van der Waals surface area contributed by atoms with Crippen LogP contribution in [-0.4, -0.2) is 23.2 Å². The Morgan fingerprint density at radius 1 is 1.53 bits per heavy atom. The summed E-state index contributed by atoms with van der Waals surface area (Å²) in [6.45, 7) is 2.10. The van der Waals surface area contributed by atoms with Gasteiger partial charge in [0.05, 0.1) is 12.2 Å². The van der Waals surface area contributed by atoms with Crippen molar-refractivity contribution in [3.05, 3.63) is 30.1 Å². The highest BCUT2D eigenvalue weighted by molar-refractivity contribution is 5.06. The first kappa shape index (κ1) is 10.6. The molecule has 1 fully saturated rings. The lowest BCUT2D eigenvalue weighted by Gasteiger charge is -2.18. The largest absolute Gasteiger partial charge is 0.374 e. The molecule has 0 aromatic carbocycles. The standard InChI is InChI=1S/C12H18N2O/c1-9-5-6-12(15-9)11(13)8-10-4-2-3-7-14-10/h2-4,7,9,11-12H,5-6,8,13H2,1H3. The zero-order valence-electron chi connectivity index (χ0n) is 9.10. The van der Waals surface area contributed by atoms with Crippen molar-refractivity contribution in [2.45, 2.75) is 44.4 Å². The number of hydrogen-bond acceptors (Lipinski definition) is 3. The van der Waals surface area contributed by atoms with Gasteiger partial charge in [-0.05, 0) is 31.9 Å². The van der Waals surface area contributed by atoms with Crippen LogP contribution in [0.2, 0.25) is 0 Å². The number of pyridine rings is 1. The van der Waals surface area contributed by atoms with Gasteiger partial charge in [-0.15, -0.1) is 0 Å². The van der Waals surface area contributed by atoms with E-state index in [0.29, 0.717) is 6.10 Å². The van der Waals surface area contributed by atoms with Gasteiger partial charge in [0, 0.05) is 24.4 Å². The first-order chi connectivity index (χ1) is 7.25. The van der Waals surface area contributed by atoms with Crippen molar-refractivity contribution in [2.75, 3.05) is 0 Å². The molecular weight excluding hydrogens is 188 g/mol. The van der Waals surface area contributed by atoms with Crippen LogP contribution in [0, 0.1) is 0 Å². The van der Waals surface area contributed by atoms with Gasteiger partial charge in [0.15, 0.2) is 0 Å². The molecule has 0 bridgehead atoms. The third-order valence-electron chi connectivity index (χ3n) is 2.91. The van der Waals surface area contributed by atoms with E-state index < -0.39 is 0 Å². The zero-order valence-corrected chi connectivity index (χ0v) is 9.10. The quantitative estimate of drug-likeness (QED) is 0.815. The number of hydrogen-bond donors (Lipinski definition) is 1. The summed E-state index contributed by atoms with van der Waals surface area (Å²) in [5.74, 6) is 0. The maximum absolute atomic E-state index is 6.11. The summed E-state index contributed by atoms with van der Waals surface area (Å²) in [6, 6.07) is 6.00. The molecule has 1 saturated heterocycles. The molecule has 3 nitrogen and oxygen atoms in total. The van der Waals surface area contributed by atoms with Crippen molar-refractivity contribution in [3.63, 3.8) is 0 Å². The van der Waals surface area contributed by atoms with E-state index in [0.717, 1.165) is 25.0 Å². The molecule has 1 aromatic heterocycles. The molecule has 0 saturated carbocycles. The van der Waals surface area contributed by atoms with Gasteiger partial charge in [-0.2, -0.15) is 0 Å². The smallest absolute Gasteiger partial charge is 0.0734 e. The maximum atomic E-state index is 6.11. The van der Waals surface area contributed by atoms with Crippen molar-refractivity contribution < 1.29 is 4.74 Å². The van der Waals surface area contributed by atoms with E-state index in [9.17, 15) is 0 Å². The van der Waals surface area contributed by atoms with Crippen LogP contribution in [0.1, 0.15) is 25.5 Å². The predicted molar refractivity (Wildman–Crippen MR) is 59.5 cm³/mol. The highest BCUT2D eigenvalue weighted by atomic mass is 16.5. The average molecular weight is 206 g/mol. The molecule has 1 aliphatic rings. The van der Waals surface area contributed by atoms with Crippen LogP contribution >= 0.6 is 0 Å². The fraction of sp³-hybridized carbons (Fsp3) is 0.583. The Labute approximate surface area is 90.7 Å². The first-order valence-corrected chi connectivity index (χ1v) is 5.56. The van der Waals surface area contributed by atoms with E-state index >= 15 is 0 Å². The van der Waals surface area contributed by atoms with Crippen LogP contribution in [0.3, 0.4) is 0 Å². The molecule has 0 aliphatic carbocycles.